The van der Waals surface area contributed by atoms with E-state index in [2.05, 4.69) is 5.32 Å². The van der Waals surface area contributed by atoms with Gasteiger partial charge in [-0.1, -0.05) is 0 Å². The number of aromatic carboxylic acids is 1. The molecule has 9 nitrogen and oxygen atoms in total. The Hall–Kier alpha value is -2.97. The Kier molecular flexibility index (Phi) is 5.68. The topological polar surface area (TPSA) is 130 Å². The van der Waals surface area contributed by atoms with E-state index in [1.54, 1.807) is 4.90 Å². The molecule has 1 aromatic carbocycles. The summed E-state index contributed by atoms with van der Waals surface area (Å²) in [6, 6.07) is 3.18. The Bertz CT molecular complexity index is 678. The van der Waals surface area contributed by atoms with E-state index in [4.69, 9.17) is 5.11 Å². The van der Waals surface area contributed by atoms with Crippen LogP contribution in [0.15, 0.2) is 18.2 Å². The maximum atomic E-state index is 12.6. The van der Waals surface area contributed by atoms with Gasteiger partial charge < -0.3 is 15.3 Å². The molecule has 0 saturated carbocycles. The van der Waals surface area contributed by atoms with Gasteiger partial charge in [0.05, 0.1) is 10.5 Å². The summed E-state index contributed by atoms with van der Waals surface area (Å²) in [5, 5.41) is 22.8. The monoisotopic (exact) mass is 349 g/mol. The van der Waals surface area contributed by atoms with Gasteiger partial charge in [-0.3, -0.25) is 19.7 Å². The molecule has 25 heavy (non-hydrogen) atoms. The minimum Gasteiger partial charge on any atom is -0.478 e. The van der Waals surface area contributed by atoms with Crippen molar-refractivity contribution in [2.75, 3.05) is 19.6 Å². The Morgan fingerprint density at radius 1 is 1.24 bits per heavy atom. The standard InChI is InChI=1S/C16H19N3O6/c1-10(20)17-9-11-2-4-18(5-3-11)15(21)12-6-13(16(22)23)8-14(7-12)19(24)25/h6-8,11H,2-5,9H2,1H3,(H,17,20)(H,22,23). The number of carbonyl (C=O) groups is 3. The molecule has 0 bridgehead atoms. The summed E-state index contributed by atoms with van der Waals surface area (Å²) in [6.07, 6.45) is 1.40. The van der Waals surface area contributed by atoms with E-state index < -0.39 is 22.5 Å². The number of benzene rings is 1. The van der Waals surface area contributed by atoms with Crippen LogP contribution in [0.5, 0.6) is 0 Å². The van der Waals surface area contributed by atoms with Crippen molar-refractivity contribution in [3.8, 4) is 0 Å². The average Bonchev–Trinajstić information content (AvgIpc) is 2.59. The summed E-state index contributed by atoms with van der Waals surface area (Å²) in [7, 11) is 0. The SMILES string of the molecule is CC(=O)NCC1CCN(C(=O)c2cc(C(=O)O)cc([N+](=O)[O-])c2)CC1. The molecule has 0 aliphatic carbocycles. The lowest BCUT2D eigenvalue weighted by atomic mass is 9.96. The smallest absolute Gasteiger partial charge is 0.335 e. The molecule has 1 aromatic rings. The van der Waals surface area contributed by atoms with Crippen LogP contribution in [0.25, 0.3) is 0 Å². The van der Waals surface area contributed by atoms with Crippen LogP contribution in [-0.4, -0.2) is 52.3 Å². The molecule has 1 saturated heterocycles. The van der Waals surface area contributed by atoms with Gasteiger partial charge in [-0.2, -0.15) is 0 Å². The van der Waals surface area contributed by atoms with Gasteiger partial charge in [0, 0.05) is 44.3 Å². The van der Waals surface area contributed by atoms with Crippen LogP contribution in [0, 0.1) is 16.0 Å². The number of piperidine rings is 1. The maximum Gasteiger partial charge on any atom is 0.335 e. The number of likely N-dealkylation sites (tertiary alicyclic amines) is 1. The van der Waals surface area contributed by atoms with Gasteiger partial charge in [0.25, 0.3) is 11.6 Å². The zero-order chi connectivity index (χ0) is 18.6. The number of nitro groups is 1. The van der Waals surface area contributed by atoms with Crippen molar-refractivity contribution in [1.82, 2.24) is 10.2 Å². The third kappa shape index (κ3) is 4.75. The molecule has 1 fully saturated rings. The van der Waals surface area contributed by atoms with Crippen molar-refractivity contribution in [2.24, 2.45) is 5.92 Å². The largest absolute Gasteiger partial charge is 0.478 e. The van der Waals surface area contributed by atoms with Crippen molar-refractivity contribution in [2.45, 2.75) is 19.8 Å². The first kappa shape index (κ1) is 18.4. The number of nitrogens with zero attached hydrogens (tertiary/aromatic N) is 2. The molecule has 1 heterocycles. The van der Waals surface area contributed by atoms with Crippen LogP contribution in [0.3, 0.4) is 0 Å². The minimum absolute atomic E-state index is 0.00749. The van der Waals surface area contributed by atoms with Crippen LogP contribution >= 0.6 is 0 Å². The summed E-state index contributed by atoms with van der Waals surface area (Å²) in [5.74, 6) is -1.58. The Labute approximate surface area is 143 Å². The Morgan fingerprint density at radius 2 is 1.84 bits per heavy atom. The highest BCUT2D eigenvalue weighted by Gasteiger charge is 2.26. The second-order valence-electron chi connectivity index (χ2n) is 6.00. The molecule has 0 unspecified atom stereocenters. The molecule has 2 rings (SSSR count). The first-order valence-electron chi connectivity index (χ1n) is 7.84. The number of hydrogen-bond donors (Lipinski definition) is 2. The van der Waals surface area contributed by atoms with Gasteiger partial charge in [0.1, 0.15) is 0 Å². The van der Waals surface area contributed by atoms with Gasteiger partial charge >= 0.3 is 5.97 Å². The van der Waals surface area contributed by atoms with E-state index in [9.17, 15) is 24.5 Å². The molecule has 2 N–H and O–H groups in total. The summed E-state index contributed by atoms with van der Waals surface area (Å²) in [4.78, 5) is 46.4. The minimum atomic E-state index is -1.33. The molecule has 0 aromatic heterocycles. The Balaban J connectivity index is 2.09. The number of hydrogen-bond acceptors (Lipinski definition) is 5. The predicted molar refractivity (Wildman–Crippen MR) is 87.4 cm³/mol. The molecular formula is C16H19N3O6. The quantitative estimate of drug-likeness (QED) is 0.608. The van der Waals surface area contributed by atoms with Crippen LogP contribution in [0.1, 0.15) is 40.5 Å². The number of carbonyl (C=O) groups excluding carboxylic acids is 2. The van der Waals surface area contributed by atoms with Gasteiger partial charge in [0.15, 0.2) is 0 Å². The molecule has 1 aliphatic heterocycles. The van der Waals surface area contributed by atoms with Crippen LogP contribution in [-0.2, 0) is 4.79 Å². The number of nitrogens with one attached hydrogen (secondary N) is 1. The third-order valence-corrected chi connectivity index (χ3v) is 4.16. The van der Waals surface area contributed by atoms with Crippen LogP contribution < -0.4 is 5.32 Å². The molecule has 134 valence electrons. The lowest BCUT2D eigenvalue weighted by Gasteiger charge is -2.32. The average molecular weight is 349 g/mol. The number of rotatable bonds is 5. The van der Waals surface area contributed by atoms with E-state index >= 15 is 0 Å². The van der Waals surface area contributed by atoms with E-state index in [-0.39, 0.29) is 23.0 Å². The van der Waals surface area contributed by atoms with Crippen molar-refractivity contribution in [3.63, 3.8) is 0 Å². The summed E-state index contributed by atoms with van der Waals surface area (Å²) >= 11 is 0. The van der Waals surface area contributed by atoms with Gasteiger partial charge in [-0.25, -0.2) is 4.79 Å². The number of non-ortho nitro benzene ring substituents is 1. The highest BCUT2D eigenvalue weighted by molar-refractivity contribution is 5.98. The number of amides is 2. The van der Waals surface area contributed by atoms with Crippen molar-refractivity contribution in [1.29, 1.82) is 0 Å². The van der Waals surface area contributed by atoms with Gasteiger partial charge in [-0.15, -0.1) is 0 Å². The molecule has 0 radical (unpaired) electrons. The van der Waals surface area contributed by atoms with Gasteiger partial charge in [0.2, 0.25) is 5.91 Å². The van der Waals surface area contributed by atoms with E-state index in [1.807, 2.05) is 0 Å². The lowest BCUT2D eigenvalue weighted by Crippen LogP contribution is -2.41. The summed E-state index contributed by atoms with van der Waals surface area (Å²) in [6.45, 7) is 2.90. The zero-order valence-electron chi connectivity index (χ0n) is 13.7. The number of carboxylic acids is 1. The Morgan fingerprint density at radius 3 is 2.36 bits per heavy atom. The molecule has 2 amide bonds. The fourth-order valence-corrected chi connectivity index (χ4v) is 2.77. The molecule has 1 aliphatic rings. The van der Waals surface area contributed by atoms with Crippen molar-refractivity contribution >= 4 is 23.5 Å². The van der Waals surface area contributed by atoms with E-state index in [0.29, 0.717) is 32.5 Å². The normalized spacial score (nSPS) is 14.8. The zero-order valence-corrected chi connectivity index (χ0v) is 13.7. The highest BCUT2D eigenvalue weighted by Crippen LogP contribution is 2.22. The van der Waals surface area contributed by atoms with Crippen molar-refractivity contribution < 1.29 is 24.4 Å². The lowest BCUT2D eigenvalue weighted by molar-refractivity contribution is -0.384. The summed E-state index contributed by atoms with van der Waals surface area (Å²) in [5.41, 5.74) is -0.728. The molecule has 0 spiro atoms. The van der Waals surface area contributed by atoms with Gasteiger partial charge in [-0.05, 0) is 24.8 Å². The molecular weight excluding hydrogens is 330 g/mol. The second-order valence-corrected chi connectivity index (χ2v) is 6.00. The first-order valence-corrected chi connectivity index (χ1v) is 7.84. The van der Waals surface area contributed by atoms with Crippen LogP contribution in [0.2, 0.25) is 0 Å². The third-order valence-electron chi connectivity index (χ3n) is 4.16. The van der Waals surface area contributed by atoms with Crippen molar-refractivity contribution in [3.05, 3.63) is 39.4 Å². The fourth-order valence-electron chi connectivity index (χ4n) is 2.77. The fraction of sp³-hybridized carbons (Fsp3) is 0.438. The highest BCUT2D eigenvalue weighted by atomic mass is 16.6. The predicted octanol–water partition coefficient (Wildman–Crippen LogP) is 1.28. The maximum absolute atomic E-state index is 12.6. The number of carboxylic acid groups (broad SMARTS) is 1. The van der Waals surface area contributed by atoms with E-state index in [1.165, 1.54) is 6.92 Å². The number of nitro benzene ring substituents is 1. The molecule has 9 heteroatoms. The first-order chi connectivity index (χ1) is 11.8. The molecule has 0 atom stereocenters. The summed E-state index contributed by atoms with van der Waals surface area (Å²) < 4.78 is 0. The second kappa shape index (κ2) is 7.73. The van der Waals surface area contributed by atoms with Crippen LogP contribution in [0.4, 0.5) is 5.69 Å². The van der Waals surface area contributed by atoms with E-state index in [0.717, 1.165) is 18.2 Å².